The molecule has 0 aliphatic carbocycles. The smallest absolute Gasteiger partial charge is 0.407 e. The number of fused-ring (bicyclic) bond motifs is 1. The molecule has 1 aliphatic rings. The van der Waals surface area contributed by atoms with Gasteiger partial charge in [-0.15, -0.1) is 0 Å². The van der Waals surface area contributed by atoms with Crippen molar-refractivity contribution in [1.29, 1.82) is 0 Å². The fourth-order valence-electron chi connectivity index (χ4n) is 3.58. The fraction of sp³-hybridized carbons (Fsp3) is 0.263. The molecule has 0 atom stereocenters. The predicted octanol–water partition coefficient (Wildman–Crippen LogP) is 4.45. The molecule has 1 N–H and O–H groups in total. The lowest BCUT2D eigenvalue weighted by molar-refractivity contribution is 0.0714. The first kappa shape index (κ1) is 17.2. The van der Waals surface area contributed by atoms with Gasteiger partial charge in [-0.05, 0) is 48.6 Å². The normalized spacial score (nSPS) is 15.5. The van der Waals surface area contributed by atoms with Crippen molar-refractivity contribution in [1.82, 2.24) is 9.88 Å². The molecular formula is C19H16Cl2N2O3. The predicted molar refractivity (Wildman–Crippen MR) is 101 cm³/mol. The van der Waals surface area contributed by atoms with Gasteiger partial charge in [-0.2, -0.15) is 0 Å². The number of carbonyl (C=O) groups excluding carboxylic acids is 1. The first-order valence-corrected chi connectivity index (χ1v) is 9.15. The van der Waals surface area contributed by atoms with Crippen LogP contribution in [0.2, 0.25) is 10.0 Å². The van der Waals surface area contributed by atoms with E-state index in [1.54, 1.807) is 23.1 Å². The lowest BCUT2D eigenvalue weighted by Crippen LogP contribution is -2.38. The topological polar surface area (TPSA) is 66.3 Å². The summed E-state index contributed by atoms with van der Waals surface area (Å²) < 4.78 is 5.14. The molecule has 134 valence electrons. The number of aromatic nitrogens is 1. The highest BCUT2D eigenvalue weighted by Crippen LogP contribution is 2.37. The van der Waals surface area contributed by atoms with Gasteiger partial charge in [0.15, 0.2) is 5.58 Å². The van der Waals surface area contributed by atoms with E-state index in [-0.39, 0.29) is 11.8 Å². The van der Waals surface area contributed by atoms with Gasteiger partial charge in [-0.1, -0.05) is 35.3 Å². The molecule has 7 heteroatoms. The molecule has 3 aromatic rings. The summed E-state index contributed by atoms with van der Waals surface area (Å²) in [7, 11) is 0. The van der Waals surface area contributed by atoms with Crippen molar-refractivity contribution in [3.63, 3.8) is 0 Å². The quantitative estimate of drug-likeness (QED) is 0.702. The van der Waals surface area contributed by atoms with Crippen molar-refractivity contribution in [2.45, 2.75) is 18.8 Å². The highest BCUT2D eigenvalue weighted by molar-refractivity contribution is 6.36. The Morgan fingerprint density at radius 2 is 1.73 bits per heavy atom. The van der Waals surface area contributed by atoms with Crippen LogP contribution < -0.4 is 5.76 Å². The molecule has 2 aromatic carbocycles. The SMILES string of the molecule is O=C(c1cccc2[nH]c(=O)oc12)N1CCC(c2c(Cl)cccc2Cl)CC1. The number of H-pyrrole nitrogens is 1. The number of rotatable bonds is 2. The maximum atomic E-state index is 12.9. The van der Waals surface area contributed by atoms with E-state index in [1.807, 2.05) is 18.2 Å². The van der Waals surface area contributed by atoms with Crippen LogP contribution in [-0.4, -0.2) is 28.9 Å². The molecule has 1 saturated heterocycles. The summed E-state index contributed by atoms with van der Waals surface area (Å²) in [5, 5.41) is 1.34. The third-order valence-corrected chi connectivity index (χ3v) is 5.53. The average Bonchev–Trinajstić information content (AvgIpc) is 3.01. The second-order valence-corrected chi connectivity index (χ2v) is 7.21. The molecule has 0 unspecified atom stereocenters. The Balaban J connectivity index is 1.54. The van der Waals surface area contributed by atoms with Gasteiger partial charge in [-0.25, -0.2) is 4.79 Å². The maximum absolute atomic E-state index is 12.9. The summed E-state index contributed by atoms with van der Waals surface area (Å²) >= 11 is 12.6. The summed E-state index contributed by atoms with van der Waals surface area (Å²) in [6.07, 6.45) is 1.56. The van der Waals surface area contributed by atoms with Crippen molar-refractivity contribution in [2.75, 3.05) is 13.1 Å². The molecular weight excluding hydrogens is 375 g/mol. The van der Waals surface area contributed by atoms with Gasteiger partial charge < -0.3 is 9.32 Å². The zero-order valence-electron chi connectivity index (χ0n) is 13.8. The van der Waals surface area contributed by atoms with Crippen molar-refractivity contribution in [3.05, 3.63) is 68.1 Å². The van der Waals surface area contributed by atoms with Gasteiger partial charge in [0.2, 0.25) is 0 Å². The number of halogens is 2. The van der Waals surface area contributed by atoms with Crippen LogP contribution in [-0.2, 0) is 0 Å². The van der Waals surface area contributed by atoms with Gasteiger partial charge >= 0.3 is 5.76 Å². The van der Waals surface area contributed by atoms with Gasteiger partial charge in [0.05, 0.1) is 11.1 Å². The van der Waals surface area contributed by atoms with E-state index in [0.29, 0.717) is 39.8 Å². The van der Waals surface area contributed by atoms with Crippen LogP contribution in [0.4, 0.5) is 0 Å². The number of hydrogen-bond acceptors (Lipinski definition) is 3. The first-order valence-electron chi connectivity index (χ1n) is 8.39. The van der Waals surface area contributed by atoms with E-state index < -0.39 is 5.76 Å². The fourth-order valence-corrected chi connectivity index (χ4v) is 4.29. The first-order chi connectivity index (χ1) is 12.5. The molecule has 1 amide bonds. The van der Waals surface area contributed by atoms with Crippen LogP contribution in [0.25, 0.3) is 11.1 Å². The Labute approximate surface area is 159 Å². The molecule has 2 heterocycles. The number of para-hydroxylation sites is 1. The number of nitrogens with one attached hydrogen (secondary N) is 1. The maximum Gasteiger partial charge on any atom is 0.417 e. The summed E-state index contributed by atoms with van der Waals surface area (Å²) in [5.74, 6) is -0.476. The number of hydrogen-bond donors (Lipinski definition) is 1. The molecule has 1 fully saturated rings. The van der Waals surface area contributed by atoms with Crippen molar-refractivity contribution >= 4 is 40.2 Å². The van der Waals surface area contributed by atoms with Crippen molar-refractivity contribution in [3.8, 4) is 0 Å². The lowest BCUT2D eigenvalue weighted by Gasteiger charge is -2.33. The van der Waals surface area contributed by atoms with Gasteiger partial charge in [0.1, 0.15) is 0 Å². The number of likely N-dealkylation sites (tertiary alicyclic amines) is 1. The number of oxazole rings is 1. The zero-order chi connectivity index (χ0) is 18.3. The standard InChI is InChI=1S/C19H16Cl2N2O3/c20-13-4-2-5-14(21)16(13)11-7-9-23(10-8-11)18(24)12-3-1-6-15-17(12)26-19(25)22-15/h1-6,11H,7-10H2,(H,22,25). The molecule has 0 radical (unpaired) electrons. The molecule has 5 nitrogen and oxygen atoms in total. The molecule has 4 rings (SSSR count). The summed E-state index contributed by atoms with van der Waals surface area (Å²) in [6, 6.07) is 10.6. The Bertz CT molecular complexity index is 1010. The van der Waals surface area contributed by atoms with E-state index in [2.05, 4.69) is 4.98 Å². The van der Waals surface area contributed by atoms with Gasteiger partial charge in [0.25, 0.3) is 5.91 Å². The minimum Gasteiger partial charge on any atom is -0.407 e. The number of carbonyl (C=O) groups is 1. The van der Waals surface area contributed by atoms with Crippen LogP contribution in [0.1, 0.15) is 34.7 Å². The molecule has 0 spiro atoms. The molecule has 0 saturated carbocycles. The Morgan fingerprint density at radius 1 is 1.08 bits per heavy atom. The third-order valence-electron chi connectivity index (χ3n) is 4.87. The Kier molecular flexibility index (Phi) is 4.51. The number of piperidine rings is 1. The number of nitrogens with zero attached hydrogens (tertiary/aromatic N) is 1. The second-order valence-electron chi connectivity index (χ2n) is 6.40. The Morgan fingerprint density at radius 3 is 2.42 bits per heavy atom. The number of benzene rings is 2. The summed E-state index contributed by atoms with van der Waals surface area (Å²) in [5.41, 5.74) is 2.19. The highest BCUT2D eigenvalue weighted by Gasteiger charge is 2.28. The van der Waals surface area contributed by atoms with Crippen LogP contribution in [0.5, 0.6) is 0 Å². The van der Waals surface area contributed by atoms with Gasteiger partial charge in [0, 0.05) is 23.1 Å². The van der Waals surface area contributed by atoms with Crippen molar-refractivity contribution in [2.24, 2.45) is 0 Å². The summed E-state index contributed by atoms with van der Waals surface area (Å²) in [4.78, 5) is 28.7. The Hall–Kier alpha value is -2.24. The largest absolute Gasteiger partial charge is 0.417 e. The van der Waals surface area contributed by atoms with E-state index in [1.165, 1.54) is 0 Å². The molecule has 1 aliphatic heterocycles. The second kappa shape index (κ2) is 6.82. The molecule has 1 aromatic heterocycles. The number of aromatic amines is 1. The zero-order valence-corrected chi connectivity index (χ0v) is 15.3. The van der Waals surface area contributed by atoms with Gasteiger partial charge in [-0.3, -0.25) is 9.78 Å². The average molecular weight is 391 g/mol. The van der Waals surface area contributed by atoms with Crippen LogP contribution in [0.3, 0.4) is 0 Å². The van der Waals surface area contributed by atoms with Crippen LogP contribution >= 0.6 is 23.2 Å². The third kappa shape index (κ3) is 3.02. The summed E-state index contributed by atoms with van der Waals surface area (Å²) in [6.45, 7) is 1.19. The molecule has 26 heavy (non-hydrogen) atoms. The van der Waals surface area contributed by atoms with E-state index >= 15 is 0 Å². The van der Waals surface area contributed by atoms with Crippen molar-refractivity contribution < 1.29 is 9.21 Å². The number of amides is 1. The lowest BCUT2D eigenvalue weighted by atomic mass is 9.89. The van der Waals surface area contributed by atoms with Crippen LogP contribution in [0, 0.1) is 0 Å². The minimum absolute atomic E-state index is 0.137. The van der Waals surface area contributed by atoms with E-state index in [9.17, 15) is 9.59 Å². The van der Waals surface area contributed by atoms with E-state index in [4.69, 9.17) is 27.6 Å². The van der Waals surface area contributed by atoms with Crippen LogP contribution in [0.15, 0.2) is 45.6 Å². The monoisotopic (exact) mass is 390 g/mol. The minimum atomic E-state index is -0.563. The highest BCUT2D eigenvalue weighted by atomic mass is 35.5. The molecule has 0 bridgehead atoms. The van der Waals surface area contributed by atoms with E-state index in [0.717, 1.165) is 18.4 Å².